The maximum atomic E-state index is 12.5. The van der Waals surface area contributed by atoms with E-state index in [0.717, 1.165) is 0 Å². The van der Waals surface area contributed by atoms with Crippen LogP contribution in [0.15, 0.2) is 47.8 Å². The van der Waals surface area contributed by atoms with Gasteiger partial charge in [0.2, 0.25) is 0 Å². The summed E-state index contributed by atoms with van der Waals surface area (Å²) in [5.41, 5.74) is 0.974. The molecule has 118 valence electrons. The minimum Gasteiger partial charge on any atom is -0.486 e. The first-order valence-corrected chi connectivity index (χ1v) is 8.32. The van der Waals surface area contributed by atoms with E-state index in [4.69, 9.17) is 9.47 Å². The Bertz CT molecular complexity index is 983. The first-order chi connectivity index (χ1) is 11.1. The monoisotopic (exact) mass is 332 g/mol. The smallest absolute Gasteiger partial charge is 0.263 e. The fourth-order valence-corrected chi connectivity index (χ4v) is 3.34. The molecule has 3 heterocycles. The predicted octanol–water partition coefficient (Wildman–Crippen LogP) is 1.30. The molecule has 0 amide bonds. The Morgan fingerprint density at radius 1 is 1.09 bits per heavy atom. The Balaban J connectivity index is 1.66. The molecule has 0 atom stereocenters. The highest BCUT2D eigenvalue weighted by atomic mass is 32.2. The van der Waals surface area contributed by atoms with Crippen molar-refractivity contribution in [3.8, 4) is 11.5 Å². The lowest BCUT2D eigenvalue weighted by molar-refractivity contribution is 0.171. The molecule has 9 heteroatoms. The molecular weight excluding hydrogens is 320 g/mol. The highest BCUT2D eigenvalue weighted by Crippen LogP contribution is 2.33. The van der Waals surface area contributed by atoms with E-state index in [1.54, 1.807) is 28.7 Å². The van der Waals surface area contributed by atoms with Crippen molar-refractivity contribution in [1.82, 2.24) is 14.6 Å². The van der Waals surface area contributed by atoms with Crippen LogP contribution >= 0.6 is 0 Å². The molecule has 0 saturated heterocycles. The fourth-order valence-electron chi connectivity index (χ4n) is 2.29. The molecule has 4 rings (SSSR count). The summed E-state index contributed by atoms with van der Waals surface area (Å²) in [6.07, 6.45) is 2.90. The minimum atomic E-state index is -3.73. The molecule has 1 N–H and O–H groups in total. The van der Waals surface area contributed by atoms with Crippen LogP contribution in [-0.2, 0) is 10.0 Å². The number of hydrogen-bond donors (Lipinski definition) is 1. The lowest BCUT2D eigenvalue weighted by Crippen LogP contribution is -2.17. The number of hydrogen-bond acceptors (Lipinski definition) is 6. The molecule has 3 aromatic rings. The van der Waals surface area contributed by atoms with E-state index in [9.17, 15) is 8.42 Å². The van der Waals surface area contributed by atoms with Crippen molar-refractivity contribution >= 4 is 21.4 Å². The lowest BCUT2D eigenvalue weighted by Gasteiger charge is -2.19. The summed E-state index contributed by atoms with van der Waals surface area (Å²) < 4.78 is 39.9. The standard InChI is InChI=1S/C14H12N4O4S/c19-23(20,11-2-4-14-16-15-9-18(14)8-11)17-10-1-3-12-13(7-10)22-6-5-21-12/h1-4,7-9,17H,5-6H2. The van der Waals surface area contributed by atoms with Crippen LogP contribution < -0.4 is 14.2 Å². The third-order valence-electron chi connectivity index (χ3n) is 3.37. The number of aromatic nitrogens is 3. The van der Waals surface area contributed by atoms with Crippen molar-refractivity contribution in [2.75, 3.05) is 17.9 Å². The highest BCUT2D eigenvalue weighted by Gasteiger charge is 2.18. The molecule has 1 aliphatic rings. The van der Waals surface area contributed by atoms with Crippen LogP contribution in [0.5, 0.6) is 11.5 Å². The van der Waals surface area contributed by atoms with Crippen LogP contribution in [-0.4, -0.2) is 36.2 Å². The van der Waals surface area contributed by atoms with Crippen molar-refractivity contribution in [2.45, 2.75) is 4.90 Å². The molecular formula is C14H12N4O4S. The molecule has 0 saturated carbocycles. The number of nitrogens with zero attached hydrogens (tertiary/aromatic N) is 3. The number of benzene rings is 1. The Morgan fingerprint density at radius 3 is 2.78 bits per heavy atom. The number of nitrogens with one attached hydrogen (secondary N) is 1. The summed E-state index contributed by atoms with van der Waals surface area (Å²) in [5, 5.41) is 7.57. The molecule has 0 bridgehead atoms. The van der Waals surface area contributed by atoms with E-state index in [1.165, 1.54) is 18.6 Å². The van der Waals surface area contributed by atoms with Crippen LogP contribution in [0.1, 0.15) is 0 Å². The third kappa shape index (κ3) is 2.55. The minimum absolute atomic E-state index is 0.111. The zero-order valence-electron chi connectivity index (χ0n) is 11.8. The van der Waals surface area contributed by atoms with Crippen molar-refractivity contribution in [3.05, 3.63) is 42.9 Å². The van der Waals surface area contributed by atoms with Gasteiger partial charge in [-0.1, -0.05) is 0 Å². The second-order valence-electron chi connectivity index (χ2n) is 4.93. The molecule has 0 radical (unpaired) electrons. The van der Waals surface area contributed by atoms with Gasteiger partial charge in [0.1, 0.15) is 24.4 Å². The van der Waals surface area contributed by atoms with Crippen LogP contribution in [0.2, 0.25) is 0 Å². The summed E-state index contributed by atoms with van der Waals surface area (Å²) in [5.74, 6) is 1.12. The lowest BCUT2D eigenvalue weighted by atomic mass is 10.3. The van der Waals surface area contributed by atoms with Gasteiger partial charge in [0, 0.05) is 12.3 Å². The maximum Gasteiger partial charge on any atom is 0.263 e. The van der Waals surface area contributed by atoms with E-state index in [2.05, 4.69) is 14.9 Å². The molecule has 1 aliphatic heterocycles. The SMILES string of the molecule is O=S(=O)(Nc1ccc2c(c1)OCCO2)c1ccc2nncn2c1. The fraction of sp³-hybridized carbons (Fsp3) is 0.143. The zero-order valence-corrected chi connectivity index (χ0v) is 12.7. The second-order valence-corrected chi connectivity index (χ2v) is 6.61. The Kier molecular flexibility index (Phi) is 3.08. The van der Waals surface area contributed by atoms with E-state index < -0.39 is 10.0 Å². The molecule has 0 unspecified atom stereocenters. The van der Waals surface area contributed by atoms with Gasteiger partial charge in [0.15, 0.2) is 17.1 Å². The van der Waals surface area contributed by atoms with Gasteiger partial charge in [-0.3, -0.25) is 9.12 Å². The number of pyridine rings is 1. The summed E-state index contributed by atoms with van der Waals surface area (Å²) in [4.78, 5) is 0.111. The number of sulfonamides is 1. The van der Waals surface area contributed by atoms with Crippen molar-refractivity contribution < 1.29 is 17.9 Å². The van der Waals surface area contributed by atoms with E-state index in [0.29, 0.717) is 36.0 Å². The van der Waals surface area contributed by atoms with Gasteiger partial charge < -0.3 is 9.47 Å². The van der Waals surface area contributed by atoms with Gasteiger partial charge in [-0.2, -0.15) is 0 Å². The van der Waals surface area contributed by atoms with Gasteiger partial charge in [-0.15, -0.1) is 10.2 Å². The predicted molar refractivity (Wildman–Crippen MR) is 81.2 cm³/mol. The van der Waals surface area contributed by atoms with Crippen LogP contribution in [0.25, 0.3) is 5.65 Å². The average molecular weight is 332 g/mol. The summed E-state index contributed by atoms with van der Waals surface area (Å²) in [6, 6.07) is 7.97. The van der Waals surface area contributed by atoms with Crippen molar-refractivity contribution in [2.24, 2.45) is 0 Å². The largest absolute Gasteiger partial charge is 0.486 e. The molecule has 23 heavy (non-hydrogen) atoms. The van der Waals surface area contributed by atoms with Crippen LogP contribution in [0.3, 0.4) is 0 Å². The number of fused-ring (bicyclic) bond motifs is 2. The van der Waals surface area contributed by atoms with E-state index >= 15 is 0 Å². The average Bonchev–Trinajstić information content (AvgIpc) is 3.02. The maximum absolute atomic E-state index is 12.5. The van der Waals surface area contributed by atoms with Crippen molar-refractivity contribution in [3.63, 3.8) is 0 Å². The number of anilines is 1. The summed E-state index contributed by atoms with van der Waals surface area (Å²) in [6.45, 7) is 0.921. The second kappa shape index (κ2) is 5.13. The van der Waals surface area contributed by atoms with Gasteiger partial charge in [-0.25, -0.2) is 8.42 Å². The quantitative estimate of drug-likeness (QED) is 0.777. The first-order valence-electron chi connectivity index (χ1n) is 6.84. The molecule has 2 aromatic heterocycles. The summed E-state index contributed by atoms with van der Waals surface area (Å²) in [7, 11) is -3.73. The Morgan fingerprint density at radius 2 is 1.91 bits per heavy atom. The Labute approximate surface area is 131 Å². The van der Waals surface area contributed by atoms with Gasteiger partial charge in [0.25, 0.3) is 10.0 Å². The summed E-state index contributed by atoms with van der Waals surface area (Å²) >= 11 is 0. The van der Waals surface area contributed by atoms with E-state index in [-0.39, 0.29) is 4.90 Å². The molecule has 0 spiro atoms. The number of rotatable bonds is 3. The highest BCUT2D eigenvalue weighted by molar-refractivity contribution is 7.92. The van der Waals surface area contributed by atoms with Crippen LogP contribution in [0, 0.1) is 0 Å². The normalized spacial score (nSPS) is 13.9. The first kappa shape index (κ1) is 13.8. The van der Waals surface area contributed by atoms with Crippen molar-refractivity contribution in [1.29, 1.82) is 0 Å². The third-order valence-corrected chi connectivity index (χ3v) is 4.73. The van der Waals surface area contributed by atoms with E-state index in [1.807, 2.05) is 0 Å². The Hall–Kier alpha value is -2.81. The molecule has 1 aromatic carbocycles. The number of ether oxygens (including phenoxy) is 2. The molecule has 8 nitrogen and oxygen atoms in total. The molecule has 0 aliphatic carbocycles. The van der Waals surface area contributed by atoms with Crippen LogP contribution in [0.4, 0.5) is 5.69 Å². The zero-order chi connectivity index (χ0) is 15.9. The molecule has 0 fully saturated rings. The topological polar surface area (TPSA) is 94.8 Å². The van der Waals surface area contributed by atoms with Gasteiger partial charge in [-0.05, 0) is 24.3 Å². The van der Waals surface area contributed by atoms with Gasteiger partial charge in [0.05, 0.1) is 5.69 Å². The van der Waals surface area contributed by atoms with Gasteiger partial charge >= 0.3 is 0 Å².